The smallest absolute Gasteiger partial charge is 0.222 e. The maximum atomic E-state index is 13.0. The molecule has 7 nitrogen and oxygen atoms in total. The second kappa shape index (κ2) is 11.5. The topological polar surface area (TPSA) is 59.8 Å². The third-order valence-electron chi connectivity index (χ3n) is 7.05. The van der Waals surface area contributed by atoms with Crippen molar-refractivity contribution in [3.8, 4) is 17.2 Å². The molecule has 0 spiro atoms. The number of imidazole rings is 1. The molecule has 37 heavy (non-hydrogen) atoms. The molecular weight excluding hydrogens is 464 g/mol. The van der Waals surface area contributed by atoms with Crippen molar-refractivity contribution in [2.24, 2.45) is 0 Å². The van der Waals surface area contributed by atoms with Gasteiger partial charge in [-0.1, -0.05) is 24.3 Å². The summed E-state index contributed by atoms with van der Waals surface area (Å²) in [6.07, 6.45) is 2.23. The maximum absolute atomic E-state index is 13.0. The molecule has 1 aliphatic heterocycles. The van der Waals surface area contributed by atoms with Crippen LogP contribution in [0.2, 0.25) is 0 Å². The number of rotatable bonds is 8. The highest BCUT2D eigenvalue weighted by molar-refractivity contribution is 5.78. The van der Waals surface area contributed by atoms with Crippen molar-refractivity contribution in [3.05, 3.63) is 84.2 Å². The monoisotopic (exact) mass is 498 g/mol. The van der Waals surface area contributed by atoms with E-state index in [0.717, 1.165) is 85.2 Å². The Morgan fingerprint density at radius 2 is 1.54 bits per heavy atom. The lowest BCUT2D eigenvalue weighted by Gasteiger charge is -2.22. The maximum Gasteiger partial charge on any atom is 0.222 e. The van der Waals surface area contributed by atoms with Crippen molar-refractivity contribution >= 4 is 16.9 Å². The summed E-state index contributed by atoms with van der Waals surface area (Å²) in [7, 11) is 3.34. The molecule has 0 bridgehead atoms. The Morgan fingerprint density at radius 3 is 2.27 bits per heavy atom. The van der Waals surface area contributed by atoms with Gasteiger partial charge in [0.05, 0.1) is 31.8 Å². The number of hydrogen-bond donors (Lipinski definition) is 0. The minimum Gasteiger partial charge on any atom is -0.497 e. The van der Waals surface area contributed by atoms with Crippen LogP contribution in [0.3, 0.4) is 0 Å². The van der Waals surface area contributed by atoms with Gasteiger partial charge in [-0.3, -0.25) is 14.3 Å². The lowest BCUT2D eigenvalue weighted by molar-refractivity contribution is -0.131. The van der Waals surface area contributed by atoms with Gasteiger partial charge in [-0.25, -0.2) is 4.98 Å². The van der Waals surface area contributed by atoms with Crippen LogP contribution < -0.4 is 9.47 Å². The summed E-state index contributed by atoms with van der Waals surface area (Å²) >= 11 is 0. The van der Waals surface area contributed by atoms with E-state index in [9.17, 15) is 4.79 Å². The van der Waals surface area contributed by atoms with E-state index in [4.69, 9.17) is 14.5 Å². The van der Waals surface area contributed by atoms with Gasteiger partial charge in [-0.05, 0) is 66.9 Å². The molecule has 4 aromatic rings. The van der Waals surface area contributed by atoms with Crippen LogP contribution >= 0.6 is 0 Å². The Kier molecular flexibility index (Phi) is 7.70. The van der Waals surface area contributed by atoms with Crippen molar-refractivity contribution in [3.63, 3.8) is 0 Å². The van der Waals surface area contributed by atoms with Gasteiger partial charge in [0.2, 0.25) is 5.91 Å². The van der Waals surface area contributed by atoms with Gasteiger partial charge in [-0.15, -0.1) is 0 Å². The van der Waals surface area contributed by atoms with E-state index in [1.54, 1.807) is 14.2 Å². The third-order valence-corrected chi connectivity index (χ3v) is 7.05. The highest BCUT2D eigenvalue weighted by Gasteiger charge is 2.21. The molecule has 1 fully saturated rings. The zero-order valence-corrected chi connectivity index (χ0v) is 21.6. The summed E-state index contributed by atoms with van der Waals surface area (Å²) in [6, 6.07) is 24.3. The fraction of sp³-hybridized carbons (Fsp3) is 0.333. The van der Waals surface area contributed by atoms with Gasteiger partial charge >= 0.3 is 0 Å². The van der Waals surface area contributed by atoms with Crippen LogP contribution in [0.1, 0.15) is 24.2 Å². The zero-order valence-electron chi connectivity index (χ0n) is 21.6. The molecule has 0 aliphatic carbocycles. The summed E-state index contributed by atoms with van der Waals surface area (Å²) < 4.78 is 12.8. The average Bonchev–Trinajstić information content (AvgIpc) is 3.14. The second-order valence-corrected chi connectivity index (χ2v) is 9.41. The van der Waals surface area contributed by atoms with Crippen molar-refractivity contribution in [2.75, 3.05) is 40.4 Å². The van der Waals surface area contributed by atoms with Gasteiger partial charge in [0.1, 0.15) is 17.3 Å². The number of hydrogen-bond acceptors (Lipinski definition) is 5. The number of benzene rings is 3. The number of ether oxygens (including phenoxy) is 2. The molecule has 2 heterocycles. The Bertz CT molecular complexity index is 1330. The van der Waals surface area contributed by atoms with Crippen LogP contribution in [0.15, 0.2) is 72.8 Å². The Balaban J connectivity index is 1.25. The summed E-state index contributed by atoms with van der Waals surface area (Å²) in [5.74, 6) is 2.90. The SMILES string of the molecule is COc1ccc(CCC(=O)N2CCCN(Cc3nc4ccccc4n3-c3ccc(OC)cc3)CC2)cc1. The normalized spacial score (nSPS) is 14.5. The molecule has 0 saturated carbocycles. The minimum absolute atomic E-state index is 0.225. The molecule has 0 radical (unpaired) electrons. The molecule has 1 saturated heterocycles. The van der Waals surface area contributed by atoms with E-state index in [2.05, 4.69) is 39.8 Å². The lowest BCUT2D eigenvalue weighted by atomic mass is 10.1. The molecule has 1 aromatic heterocycles. The summed E-state index contributed by atoms with van der Waals surface area (Å²) in [5, 5.41) is 0. The summed E-state index contributed by atoms with van der Waals surface area (Å²) in [4.78, 5) is 22.4. The van der Waals surface area contributed by atoms with Crippen molar-refractivity contribution in [1.29, 1.82) is 0 Å². The second-order valence-electron chi connectivity index (χ2n) is 9.41. The Hall–Kier alpha value is -3.84. The molecule has 7 heteroatoms. The first-order valence-corrected chi connectivity index (χ1v) is 12.9. The number of aromatic nitrogens is 2. The predicted molar refractivity (Wildman–Crippen MR) is 145 cm³/mol. The van der Waals surface area contributed by atoms with E-state index in [-0.39, 0.29) is 5.91 Å². The number of para-hydroxylation sites is 2. The van der Waals surface area contributed by atoms with Crippen LogP contribution in [-0.4, -0.2) is 65.7 Å². The number of methoxy groups -OCH3 is 2. The van der Waals surface area contributed by atoms with Crippen LogP contribution in [0.25, 0.3) is 16.7 Å². The average molecular weight is 499 g/mol. The Labute approximate surface area is 218 Å². The minimum atomic E-state index is 0.225. The quantitative estimate of drug-likeness (QED) is 0.352. The molecular formula is C30H34N4O3. The molecule has 0 atom stereocenters. The highest BCUT2D eigenvalue weighted by Crippen LogP contribution is 2.24. The standard InChI is InChI=1S/C30H34N4O3/c1-36-25-13-8-23(9-14-25)10-17-30(35)33-19-5-18-32(20-21-33)22-29-31-27-6-3-4-7-28(27)34(29)24-11-15-26(37-2)16-12-24/h3-4,6-9,11-16H,5,10,17-22H2,1-2H3. The Morgan fingerprint density at radius 1 is 0.838 bits per heavy atom. The van der Waals surface area contributed by atoms with Gasteiger partial charge in [0.25, 0.3) is 0 Å². The number of aryl methyl sites for hydroxylation is 1. The predicted octanol–water partition coefficient (Wildman–Crippen LogP) is 4.71. The number of amides is 1. The van der Waals surface area contributed by atoms with Crippen LogP contribution in [0, 0.1) is 0 Å². The molecule has 1 amide bonds. The summed E-state index contributed by atoms with van der Waals surface area (Å²) in [6.45, 7) is 4.04. The van der Waals surface area contributed by atoms with Crippen molar-refractivity contribution < 1.29 is 14.3 Å². The van der Waals surface area contributed by atoms with Gasteiger partial charge in [0.15, 0.2) is 0 Å². The van der Waals surface area contributed by atoms with Gasteiger partial charge in [0, 0.05) is 38.3 Å². The van der Waals surface area contributed by atoms with E-state index >= 15 is 0 Å². The summed E-state index contributed by atoms with van der Waals surface area (Å²) in [5.41, 5.74) is 4.30. The van der Waals surface area contributed by atoms with E-state index in [1.807, 2.05) is 47.4 Å². The van der Waals surface area contributed by atoms with Gasteiger partial charge < -0.3 is 14.4 Å². The van der Waals surface area contributed by atoms with Crippen LogP contribution in [0.5, 0.6) is 11.5 Å². The van der Waals surface area contributed by atoms with E-state index in [0.29, 0.717) is 6.42 Å². The van der Waals surface area contributed by atoms with Gasteiger partial charge in [-0.2, -0.15) is 0 Å². The van der Waals surface area contributed by atoms with Crippen LogP contribution in [-0.2, 0) is 17.8 Å². The van der Waals surface area contributed by atoms with Crippen molar-refractivity contribution in [2.45, 2.75) is 25.8 Å². The fourth-order valence-electron chi connectivity index (χ4n) is 4.98. The van der Waals surface area contributed by atoms with Crippen molar-refractivity contribution in [1.82, 2.24) is 19.4 Å². The zero-order chi connectivity index (χ0) is 25.6. The first-order chi connectivity index (χ1) is 18.1. The molecule has 1 aliphatic rings. The lowest BCUT2D eigenvalue weighted by Crippen LogP contribution is -2.35. The highest BCUT2D eigenvalue weighted by atomic mass is 16.5. The fourth-order valence-corrected chi connectivity index (χ4v) is 4.98. The molecule has 192 valence electrons. The molecule has 3 aromatic carbocycles. The molecule has 0 N–H and O–H groups in total. The largest absolute Gasteiger partial charge is 0.497 e. The number of carbonyl (C=O) groups is 1. The third kappa shape index (κ3) is 5.78. The molecule has 0 unspecified atom stereocenters. The number of nitrogens with zero attached hydrogens (tertiary/aromatic N) is 4. The number of fused-ring (bicyclic) bond motifs is 1. The molecule has 5 rings (SSSR count). The van der Waals surface area contributed by atoms with E-state index < -0.39 is 0 Å². The number of carbonyl (C=O) groups excluding carboxylic acids is 1. The first kappa shape index (κ1) is 24.8. The first-order valence-electron chi connectivity index (χ1n) is 12.9. The van der Waals surface area contributed by atoms with E-state index in [1.165, 1.54) is 0 Å². The van der Waals surface area contributed by atoms with Crippen LogP contribution in [0.4, 0.5) is 0 Å².